The standard InChI is InChI=1S/C19H20N4O/c1-24-17-7-5-14(6-8-17)9-10-21-19-12-18(22-13-23-19)15-3-2-4-16(20)11-15/h2-8,11-13H,9-10,20H2,1H3,(H,21,22,23). The van der Waals surface area contributed by atoms with Gasteiger partial charge in [0.05, 0.1) is 12.8 Å². The molecule has 2 aromatic carbocycles. The van der Waals surface area contributed by atoms with Gasteiger partial charge in [0.15, 0.2) is 0 Å². The second-order valence-corrected chi connectivity index (χ2v) is 5.44. The number of nitrogen functional groups attached to an aromatic ring is 1. The zero-order valence-corrected chi connectivity index (χ0v) is 13.6. The number of nitrogens with one attached hydrogen (secondary N) is 1. The van der Waals surface area contributed by atoms with E-state index in [2.05, 4.69) is 27.4 Å². The molecular formula is C19H20N4O. The van der Waals surface area contributed by atoms with E-state index in [0.717, 1.165) is 41.5 Å². The summed E-state index contributed by atoms with van der Waals surface area (Å²) in [5, 5.41) is 3.33. The molecule has 3 aromatic rings. The zero-order chi connectivity index (χ0) is 16.8. The van der Waals surface area contributed by atoms with Crippen molar-refractivity contribution in [1.29, 1.82) is 0 Å². The monoisotopic (exact) mass is 320 g/mol. The van der Waals surface area contributed by atoms with Crippen LogP contribution in [0.25, 0.3) is 11.3 Å². The Morgan fingerprint density at radius 1 is 1.04 bits per heavy atom. The molecule has 0 aliphatic heterocycles. The maximum Gasteiger partial charge on any atom is 0.129 e. The number of aromatic nitrogens is 2. The van der Waals surface area contributed by atoms with Crippen molar-refractivity contribution < 1.29 is 4.74 Å². The normalized spacial score (nSPS) is 10.4. The summed E-state index contributed by atoms with van der Waals surface area (Å²) in [6, 6.07) is 17.7. The molecule has 0 spiro atoms. The largest absolute Gasteiger partial charge is 0.497 e. The third kappa shape index (κ3) is 4.01. The van der Waals surface area contributed by atoms with Gasteiger partial charge < -0.3 is 15.8 Å². The van der Waals surface area contributed by atoms with Gasteiger partial charge in [-0.2, -0.15) is 0 Å². The fraction of sp³-hybridized carbons (Fsp3) is 0.158. The van der Waals surface area contributed by atoms with E-state index in [-0.39, 0.29) is 0 Å². The molecule has 0 radical (unpaired) electrons. The Hall–Kier alpha value is -3.08. The molecule has 0 saturated heterocycles. The third-order valence-corrected chi connectivity index (χ3v) is 3.73. The first kappa shape index (κ1) is 15.8. The van der Waals surface area contributed by atoms with Crippen LogP contribution < -0.4 is 15.8 Å². The van der Waals surface area contributed by atoms with Crippen molar-refractivity contribution in [1.82, 2.24) is 9.97 Å². The third-order valence-electron chi connectivity index (χ3n) is 3.73. The van der Waals surface area contributed by atoms with Gasteiger partial charge >= 0.3 is 0 Å². The summed E-state index contributed by atoms with van der Waals surface area (Å²) in [6.07, 6.45) is 2.47. The minimum absolute atomic E-state index is 0.722. The molecule has 5 nitrogen and oxygen atoms in total. The average molecular weight is 320 g/mol. The number of ether oxygens (including phenoxy) is 1. The van der Waals surface area contributed by atoms with Crippen LogP contribution in [0.2, 0.25) is 0 Å². The molecule has 0 unspecified atom stereocenters. The topological polar surface area (TPSA) is 73.1 Å². The molecule has 0 fully saturated rings. The first-order valence-electron chi connectivity index (χ1n) is 7.79. The Morgan fingerprint density at radius 2 is 1.88 bits per heavy atom. The molecule has 24 heavy (non-hydrogen) atoms. The first-order valence-corrected chi connectivity index (χ1v) is 7.79. The van der Waals surface area contributed by atoms with Crippen molar-refractivity contribution in [2.45, 2.75) is 6.42 Å². The van der Waals surface area contributed by atoms with Crippen LogP contribution in [0.4, 0.5) is 11.5 Å². The smallest absolute Gasteiger partial charge is 0.129 e. The van der Waals surface area contributed by atoms with Crippen LogP contribution in [0.15, 0.2) is 60.9 Å². The Bertz CT molecular complexity index is 802. The van der Waals surface area contributed by atoms with Gasteiger partial charge in [-0.1, -0.05) is 24.3 Å². The summed E-state index contributed by atoms with van der Waals surface area (Å²) in [5.74, 6) is 1.67. The van der Waals surface area contributed by atoms with E-state index in [1.54, 1.807) is 13.4 Å². The molecule has 3 N–H and O–H groups in total. The Labute approximate surface area is 141 Å². The summed E-state index contributed by atoms with van der Waals surface area (Å²) in [6.45, 7) is 0.791. The van der Waals surface area contributed by atoms with E-state index in [1.807, 2.05) is 42.5 Å². The Morgan fingerprint density at radius 3 is 2.62 bits per heavy atom. The number of hydrogen-bond donors (Lipinski definition) is 2. The average Bonchev–Trinajstić information content (AvgIpc) is 2.63. The minimum Gasteiger partial charge on any atom is -0.497 e. The van der Waals surface area contributed by atoms with Gasteiger partial charge in [-0.3, -0.25) is 0 Å². The highest BCUT2D eigenvalue weighted by atomic mass is 16.5. The molecule has 0 aliphatic carbocycles. The van der Waals surface area contributed by atoms with Crippen molar-refractivity contribution in [3.05, 3.63) is 66.5 Å². The van der Waals surface area contributed by atoms with Gasteiger partial charge in [0, 0.05) is 23.9 Å². The zero-order valence-electron chi connectivity index (χ0n) is 13.6. The van der Waals surface area contributed by atoms with Crippen molar-refractivity contribution in [2.24, 2.45) is 0 Å². The molecule has 1 aromatic heterocycles. The summed E-state index contributed by atoms with van der Waals surface area (Å²) < 4.78 is 5.17. The lowest BCUT2D eigenvalue weighted by Gasteiger charge is -2.08. The van der Waals surface area contributed by atoms with Crippen LogP contribution in [-0.2, 0) is 6.42 Å². The maximum absolute atomic E-state index is 5.83. The molecule has 122 valence electrons. The second-order valence-electron chi connectivity index (χ2n) is 5.44. The molecule has 5 heteroatoms. The van der Waals surface area contributed by atoms with Crippen LogP contribution in [-0.4, -0.2) is 23.6 Å². The number of hydrogen-bond acceptors (Lipinski definition) is 5. The molecule has 0 aliphatic rings. The number of rotatable bonds is 6. The highest BCUT2D eigenvalue weighted by Gasteiger charge is 2.02. The Kier molecular flexibility index (Phi) is 4.91. The predicted octanol–water partition coefficient (Wildman–Crippen LogP) is 3.39. The van der Waals surface area contributed by atoms with E-state index in [4.69, 9.17) is 10.5 Å². The van der Waals surface area contributed by atoms with Crippen LogP contribution in [0.1, 0.15) is 5.56 Å². The fourth-order valence-corrected chi connectivity index (χ4v) is 2.44. The lowest BCUT2D eigenvalue weighted by atomic mass is 10.1. The Balaban J connectivity index is 1.62. The SMILES string of the molecule is COc1ccc(CCNc2cc(-c3cccc(N)c3)ncn2)cc1. The lowest BCUT2D eigenvalue weighted by molar-refractivity contribution is 0.414. The van der Waals surface area contributed by atoms with Crippen molar-refractivity contribution in [3.8, 4) is 17.0 Å². The van der Waals surface area contributed by atoms with E-state index in [9.17, 15) is 0 Å². The van der Waals surface area contributed by atoms with Gasteiger partial charge in [0.2, 0.25) is 0 Å². The summed E-state index contributed by atoms with van der Waals surface area (Å²) in [7, 11) is 1.67. The van der Waals surface area contributed by atoms with E-state index >= 15 is 0 Å². The van der Waals surface area contributed by atoms with Crippen molar-refractivity contribution in [3.63, 3.8) is 0 Å². The summed E-state index contributed by atoms with van der Waals surface area (Å²) >= 11 is 0. The second kappa shape index (κ2) is 7.46. The molecule has 0 bridgehead atoms. The first-order chi connectivity index (χ1) is 11.7. The van der Waals surface area contributed by atoms with Gasteiger partial charge in [0.1, 0.15) is 17.9 Å². The number of methoxy groups -OCH3 is 1. The van der Waals surface area contributed by atoms with E-state index < -0.39 is 0 Å². The predicted molar refractivity (Wildman–Crippen MR) is 97.1 cm³/mol. The molecule has 0 amide bonds. The maximum atomic E-state index is 5.83. The van der Waals surface area contributed by atoms with E-state index in [1.165, 1.54) is 5.56 Å². The van der Waals surface area contributed by atoms with Gasteiger partial charge in [-0.15, -0.1) is 0 Å². The number of anilines is 2. The molecule has 1 heterocycles. The van der Waals surface area contributed by atoms with Crippen molar-refractivity contribution >= 4 is 11.5 Å². The number of nitrogens with zero attached hydrogens (tertiary/aromatic N) is 2. The van der Waals surface area contributed by atoms with Crippen LogP contribution >= 0.6 is 0 Å². The van der Waals surface area contributed by atoms with Crippen LogP contribution in [0.3, 0.4) is 0 Å². The quantitative estimate of drug-likeness (QED) is 0.681. The molecule has 3 rings (SSSR count). The highest BCUT2D eigenvalue weighted by molar-refractivity contribution is 5.65. The van der Waals surface area contributed by atoms with Crippen molar-refractivity contribution in [2.75, 3.05) is 24.7 Å². The summed E-state index contributed by atoms with van der Waals surface area (Å²) in [4.78, 5) is 8.59. The highest BCUT2D eigenvalue weighted by Crippen LogP contribution is 2.20. The molecule has 0 saturated carbocycles. The summed E-state index contributed by atoms with van der Waals surface area (Å²) in [5.41, 5.74) is 9.63. The van der Waals surface area contributed by atoms with Gasteiger partial charge in [-0.05, 0) is 36.2 Å². The lowest BCUT2D eigenvalue weighted by Crippen LogP contribution is -2.06. The fourth-order valence-electron chi connectivity index (χ4n) is 2.44. The molecular weight excluding hydrogens is 300 g/mol. The molecule has 0 atom stereocenters. The van der Waals surface area contributed by atoms with Crippen LogP contribution in [0.5, 0.6) is 5.75 Å². The van der Waals surface area contributed by atoms with E-state index in [0.29, 0.717) is 0 Å². The van der Waals surface area contributed by atoms with Gasteiger partial charge in [-0.25, -0.2) is 9.97 Å². The number of nitrogens with two attached hydrogens (primary N) is 1. The minimum atomic E-state index is 0.722. The van der Waals surface area contributed by atoms with Crippen LogP contribution in [0, 0.1) is 0 Å². The van der Waals surface area contributed by atoms with Gasteiger partial charge in [0.25, 0.3) is 0 Å². The number of benzene rings is 2.